The van der Waals surface area contributed by atoms with Gasteiger partial charge < -0.3 is 30.6 Å². The van der Waals surface area contributed by atoms with E-state index in [0.717, 1.165) is 33.3 Å². The van der Waals surface area contributed by atoms with Crippen LogP contribution in [0.2, 0.25) is 0 Å². The fourth-order valence-electron chi connectivity index (χ4n) is 3.76. The minimum Gasteiger partial charge on any atom is -0.493 e. The summed E-state index contributed by atoms with van der Waals surface area (Å²) in [6.45, 7) is 4.16. The van der Waals surface area contributed by atoms with Gasteiger partial charge >= 0.3 is 0 Å². The Hall–Kier alpha value is -3.83. The van der Waals surface area contributed by atoms with Crippen molar-refractivity contribution in [1.29, 1.82) is 0 Å². The lowest BCUT2D eigenvalue weighted by atomic mass is 10.0. The molecule has 0 saturated heterocycles. The van der Waals surface area contributed by atoms with Gasteiger partial charge in [-0.05, 0) is 18.1 Å². The molecule has 4 aromatic rings. The number of carbonyl (C=O) groups excluding carboxylic acids is 1. The summed E-state index contributed by atoms with van der Waals surface area (Å²) >= 11 is 2.89. The zero-order valence-electron chi connectivity index (χ0n) is 22.0. The van der Waals surface area contributed by atoms with E-state index in [1.54, 1.807) is 33.5 Å². The number of thiazole rings is 2. The molecule has 1 amide bonds. The quantitative estimate of drug-likeness (QED) is 0.189. The minimum absolute atomic E-state index is 0.0139. The molecule has 11 heteroatoms. The highest BCUT2D eigenvalue weighted by Gasteiger charge is 2.18. The molecule has 0 radical (unpaired) electrons. The molecule has 0 saturated carbocycles. The first-order chi connectivity index (χ1) is 18.3. The number of nitrogens with one attached hydrogen (secondary N) is 2. The van der Waals surface area contributed by atoms with E-state index in [9.17, 15) is 4.79 Å². The standard InChI is InChI=1S/C27H31N5O4S2/c1-6-15(2)10-22(33)29-17-9-7-8-16(11-17)19-14-37-26(31-19)24-25(28)32-27(38-24)30-18-12-20(34-3)23(36-5)21(13-18)35-4/h7-9,11-15H,6,10,28H2,1-5H3,(H,29,33)(H,30,32). The molecule has 0 spiro atoms. The Balaban J connectivity index is 1.53. The van der Waals surface area contributed by atoms with Gasteiger partial charge in [-0.2, -0.15) is 0 Å². The SMILES string of the molecule is CCC(C)CC(=O)Nc1cccc(-c2csc(-c3sc(Nc4cc(OC)c(OC)c(OC)c4)nc3N)n2)c1. The first-order valence-electron chi connectivity index (χ1n) is 12.0. The van der Waals surface area contributed by atoms with Crippen molar-refractivity contribution in [2.45, 2.75) is 26.7 Å². The van der Waals surface area contributed by atoms with Gasteiger partial charge in [0.2, 0.25) is 11.7 Å². The Kier molecular flexibility index (Phi) is 8.70. The first-order valence-corrected chi connectivity index (χ1v) is 13.7. The third-order valence-corrected chi connectivity index (χ3v) is 7.92. The summed E-state index contributed by atoms with van der Waals surface area (Å²) in [5, 5.41) is 9.60. The third-order valence-electron chi connectivity index (χ3n) is 5.94. The molecule has 0 aliphatic carbocycles. The van der Waals surface area contributed by atoms with Gasteiger partial charge in [0, 0.05) is 40.9 Å². The van der Waals surface area contributed by atoms with E-state index in [2.05, 4.69) is 29.5 Å². The maximum absolute atomic E-state index is 12.3. The summed E-state index contributed by atoms with van der Waals surface area (Å²) in [5.74, 6) is 2.31. The largest absolute Gasteiger partial charge is 0.493 e. The summed E-state index contributed by atoms with van der Waals surface area (Å²) in [6.07, 6.45) is 1.47. The summed E-state index contributed by atoms with van der Waals surface area (Å²) in [4.78, 5) is 22.4. The number of carbonyl (C=O) groups is 1. The molecule has 1 unspecified atom stereocenters. The molecule has 200 valence electrons. The van der Waals surface area contributed by atoms with Gasteiger partial charge in [0.05, 0.1) is 27.0 Å². The van der Waals surface area contributed by atoms with E-state index in [1.165, 1.54) is 22.7 Å². The molecule has 9 nitrogen and oxygen atoms in total. The fourth-order valence-corrected chi connectivity index (χ4v) is 5.59. The molecule has 4 rings (SSSR count). The predicted octanol–water partition coefficient (Wildman–Crippen LogP) is 6.66. The summed E-state index contributed by atoms with van der Waals surface area (Å²) < 4.78 is 16.3. The number of benzene rings is 2. The van der Waals surface area contributed by atoms with Crippen molar-refractivity contribution in [3.63, 3.8) is 0 Å². The number of ether oxygens (including phenoxy) is 3. The van der Waals surface area contributed by atoms with Crippen LogP contribution in [-0.2, 0) is 4.79 Å². The van der Waals surface area contributed by atoms with Crippen molar-refractivity contribution in [2.75, 3.05) is 37.7 Å². The smallest absolute Gasteiger partial charge is 0.224 e. The molecule has 2 heterocycles. The molecule has 0 aliphatic heterocycles. The molecule has 4 N–H and O–H groups in total. The number of nitrogen functional groups attached to an aromatic ring is 1. The van der Waals surface area contributed by atoms with Gasteiger partial charge in [-0.1, -0.05) is 43.7 Å². The maximum atomic E-state index is 12.3. The van der Waals surface area contributed by atoms with Crippen LogP contribution in [0.25, 0.3) is 21.1 Å². The highest BCUT2D eigenvalue weighted by Crippen LogP contribution is 2.43. The number of rotatable bonds is 11. The molecule has 38 heavy (non-hydrogen) atoms. The molecule has 0 aliphatic rings. The van der Waals surface area contributed by atoms with E-state index in [-0.39, 0.29) is 5.91 Å². The van der Waals surface area contributed by atoms with Crippen LogP contribution in [0.3, 0.4) is 0 Å². The minimum atomic E-state index is 0.0139. The van der Waals surface area contributed by atoms with Crippen LogP contribution in [0.5, 0.6) is 17.2 Å². The molecular formula is C27H31N5O4S2. The van der Waals surface area contributed by atoms with Crippen molar-refractivity contribution in [3.8, 4) is 38.4 Å². The molecule has 0 bridgehead atoms. The van der Waals surface area contributed by atoms with Crippen molar-refractivity contribution < 1.29 is 19.0 Å². The lowest BCUT2D eigenvalue weighted by Crippen LogP contribution is -2.14. The number of hydrogen-bond acceptors (Lipinski definition) is 10. The predicted molar refractivity (Wildman–Crippen MR) is 155 cm³/mol. The summed E-state index contributed by atoms with van der Waals surface area (Å²) in [7, 11) is 4.69. The second-order valence-corrected chi connectivity index (χ2v) is 10.5. The van der Waals surface area contributed by atoms with Crippen molar-refractivity contribution >= 4 is 50.9 Å². The van der Waals surface area contributed by atoms with E-state index in [4.69, 9.17) is 24.9 Å². The van der Waals surface area contributed by atoms with Crippen LogP contribution in [0.1, 0.15) is 26.7 Å². The average molecular weight is 554 g/mol. The summed E-state index contributed by atoms with van der Waals surface area (Å²) in [6, 6.07) is 11.3. The normalized spacial score (nSPS) is 11.6. The Morgan fingerprint density at radius 2 is 1.79 bits per heavy atom. The van der Waals surface area contributed by atoms with Crippen molar-refractivity contribution in [2.24, 2.45) is 5.92 Å². The number of amides is 1. The molecular weight excluding hydrogens is 522 g/mol. The van der Waals surface area contributed by atoms with Gasteiger partial charge in [-0.15, -0.1) is 11.3 Å². The highest BCUT2D eigenvalue weighted by molar-refractivity contribution is 7.23. The van der Waals surface area contributed by atoms with Gasteiger partial charge in [-0.25, -0.2) is 9.97 Å². The van der Waals surface area contributed by atoms with Gasteiger partial charge in [0.25, 0.3) is 0 Å². The average Bonchev–Trinajstić information content (AvgIpc) is 3.54. The zero-order valence-corrected chi connectivity index (χ0v) is 23.6. The van der Waals surface area contributed by atoms with Crippen LogP contribution >= 0.6 is 22.7 Å². The van der Waals surface area contributed by atoms with Crippen molar-refractivity contribution in [3.05, 3.63) is 41.8 Å². The van der Waals surface area contributed by atoms with Crippen molar-refractivity contribution in [1.82, 2.24) is 9.97 Å². The second-order valence-electron chi connectivity index (χ2n) is 8.66. The maximum Gasteiger partial charge on any atom is 0.224 e. The number of hydrogen-bond donors (Lipinski definition) is 3. The van der Waals surface area contributed by atoms with E-state index < -0.39 is 0 Å². The first kappa shape index (κ1) is 27.2. The second kappa shape index (κ2) is 12.1. The Morgan fingerprint density at radius 3 is 2.45 bits per heavy atom. The Morgan fingerprint density at radius 1 is 1.05 bits per heavy atom. The van der Waals surface area contributed by atoms with E-state index >= 15 is 0 Å². The number of anilines is 4. The van der Waals surface area contributed by atoms with Gasteiger partial charge in [-0.3, -0.25) is 4.79 Å². The fraction of sp³-hybridized carbons (Fsp3) is 0.296. The number of aromatic nitrogens is 2. The lowest BCUT2D eigenvalue weighted by Gasteiger charge is -2.14. The molecule has 1 atom stereocenters. The Labute approximate surface area is 230 Å². The zero-order chi connectivity index (χ0) is 27.2. The lowest BCUT2D eigenvalue weighted by molar-refractivity contribution is -0.117. The van der Waals surface area contributed by atoms with Gasteiger partial charge in [0.15, 0.2) is 16.6 Å². The van der Waals surface area contributed by atoms with E-state index in [0.29, 0.717) is 46.2 Å². The Bertz CT molecular complexity index is 1390. The summed E-state index contributed by atoms with van der Waals surface area (Å²) in [5.41, 5.74) is 9.45. The number of nitrogens with zero attached hydrogens (tertiary/aromatic N) is 2. The van der Waals surface area contributed by atoms with Crippen LogP contribution in [0, 0.1) is 5.92 Å². The highest BCUT2D eigenvalue weighted by atomic mass is 32.1. The topological polar surface area (TPSA) is 121 Å². The van der Waals surface area contributed by atoms with Crippen LogP contribution < -0.4 is 30.6 Å². The number of nitrogens with two attached hydrogens (primary N) is 1. The van der Waals surface area contributed by atoms with Crippen LogP contribution in [0.15, 0.2) is 41.8 Å². The molecule has 2 aromatic heterocycles. The van der Waals surface area contributed by atoms with Crippen LogP contribution in [0.4, 0.5) is 22.3 Å². The van der Waals surface area contributed by atoms with Gasteiger partial charge in [0.1, 0.15) is 15.7 Å². The van der Waals surface area contributed by atoms with Crippen LogP contribution in [-0.4, -0.2) is 37.2 Å². The monoisotopic (exact) mass is 553 g/mol. The van der Waals surface area contributed by atoms with E-state index in [1.807, 2.05) is 29.6 Å². The third kappa shape index (κ3) is 6.17. The molecule has 2 aromatic carbocycles. The molecule has 0 fully saturated rings. The number of methoxy groups -OCH3 is 3.